The maximum atomic E-state index is 13.4. The normalized spacial score (nSPS) is 16.8. The number of hydrogen-bond acceptors (Lipinski definition) is 4. The number of amides is 1. The molecule has 0 aromatic heterocycles. The van der Waals surface area contributed by atoms with Gasteiger partial charge in [-0.2, -0.15) is 0 Å². The van der Waals surface area contributed by atoms with Gasteiger partial charge in [-0.1, -0.05) is 54.3 Å². The van der Waals surface area contributed by atoms with Gasteiger partial charge < -0.3 is 5.11 Å². The molecule has 8 heteroatoms. The lowest BCUT2D eigenvalue weighted by Gasteiger charge is -2.23. The molecule has 0 bridgehead atoms. The number of aliphatic carboxylic acids is 1. The van der Waals surface area contributed by atoms with Crippen LogP contribution in [0.2, 0.25) is 0 Å². The Kier molecular flexibility index (Phi) is 5.67. The van der Waals surface area contributed by atoms with E-state index in [1.807, 2.05) is 0 Å². The summed E-state index contributed by atoms with van der Waals surface area (Å²) in [6.45, 7) is 0. The van der Waals surface area contributed by atoms with Crippen LogP contribution in [-0.2, 0) is 16.0 Å². The SMILES string of the molecule is O=C(O)[C@H](Cc1ccccc1)N1C(=O)/C(=C/c2cc(F)cc(F)c2)SC1=S. The molecule has 1 aliphatic rings. The zero-order chi connectivity index (χ0) is 19.6. The molecule has 1 amide bonds. The van der Waals surface area contributed by atoms with Crippen molar-refractivity contribution >= 4 is 46.3 Å². The van der Waals surface area contributed by atoms with Crippen molar-refractivity contribution in [3.8, 4) is 0 Å². The van der Waals surface area contributed by atoms with Crippen LogP contribution in [0, 0.1) is 11.6 Å². The third kappa shape index (κ3) is 4.40. The van der Waals surface area contributed by atoms with Crippen LogP contribution in [0.3, 0.4) is 0 Å². The number of thiocarbonyl (C=S) groups is 1. The molecule has 1 fully saturated rings. The molecule has 0 aliphatic carbocycles. The van der Waals surface area contributed by atoms with Crippen molar-refractivity contribution < 1.29 is 23.5 Å². The van der Waals surface area contributed by atoms with Gasteiger partial charge in [0, 0.05) is 12.5 Å². The minimum absolute atomic E-state index is 0.0878. The molecule has 0 spiro atoms. The lowest BCUT2D eigenvalue weighted by atomic mass is 10.0. The number of rotatable bonds is 5. The predicted molar refractivity (Wildman–Crippen MR) is 103 cm³/mol. The number of nitrogens with zero attached hydrogens (tertiary/aromatic N) is 1. The molecule has 4 nitrogen and oxygen atoms in total. The van der Waals surface area contributed by atoms with Crippen molar-refractivity contribution in [3.05, 3.63) is 76.2 Å². The van der Waals surface area contributed by atoms with E-state index in [1.54, 1.807) is 30.3 Å². The van der Waals surface area contributed by atoms with Gasteiger partial charge in [0.2, 0.25) is 0 Å². The van der Waals surface area contributed by atoms with E-state index in [9.17, 15) is 23.5 Å². The molecule has 2 aromatic carbocycles. The molecule has 27 heavy (non-hydrogen) atoms. The molecule has 1 atom stereocenters. The van der Waals surface area contributed by atoms with Crippen molar-refractivity contribution in [1.29, 1.82) is 0 Å². The van der Waals surface area contributed by atoms with Gasteiger partial charge in [0.25, 0.3) is 5.91 Å². The highest BCUT2D eigenvalue weighted by atomic mass is 32.2. The van der Waals surface area contributed by atoms with Gasteiger partial charge in [-0.3, -0.25) is 9.69 Å². The third-order valence-electron chi connectivity index (χ3n) is 3.87. The Hall–Kier alpha value is -2.58. The number of carboxylic acids is 1. The monoisotopic (exact) mass is 405 g/mol. The third-order valence-corrected chi connectivity index (χ3v) is 5.21. The molecular formula is C19H13F2NO3S2. The zero-order valence-corrected chi connectivity index (χ0v) is 15.4. The molecule has 1 N–H and O–H groups in total. The fourth-order valence-corrected chi connectivity index (χ4v) is 4.04. The summed E-state index contributed by atoms with van der Waals surface area (Å²) in [5.41, 5.74) is 0.901. The second kappa shape index (κ2) is 7.98. The molecular weight excluding hydrogens is 392 g/mol. The van der Waals surface area contributed by atoms with E-state index in [1.165, 1.54) is 6.08 Å². The number of carbonyl (C=O) groups excluding carboxylic acids is 1. The Labute approximate surface area is 163 Å². The average Bonchev–Trinajstić information content (AvgIpc) is 2.86. The van der Waals surface area contributed by atoms with Crippen molar-refractivity contribution in [2.45, 2.75) is 12.5 Å². The number of halogens is 2. The quantitative estimate of drug-likeness (QED) is 0.605. The van der Waals surface area contributed by atoms with Crippen molar-refractivity contribution in [3.63, 3.8) is 0 Å². The minimum Gasteiger partial charge on any atom is -0.480 e. The lowest BCUT2D eigenvalue weighted by Crippen LogP contribution is -2.45. The van der Waals surface area contributed by atoms with Gasteiger partial charge in [-0.25, -0.2) is 13.6 Å². The van der Waals surface area contributed by atoms with Crippen LogP contribution in [-0.4, -0.2) is 32.2 Å². The summed E-state index contributed by atoms with van der Waals surface area (Å²) >= 11 is 6.10. The molecule has 0 unspecified atom stereocenters. The molecule has 138 valence electrons. The van der Waals surface area contributed by atoms with Gasteiger partial charge in [0.15, 0.2) is 0 Å². The van der Waals surface area contributed by atoms with Gasteiger partial charge in [0.05, 0.1) is 4.91 Å². The van der Waals surface area contributed by atoms with Gasteiger partial charge in [0.1, 0.15) is 22.0 Å². The first-order valence-electron chi connectivity index (χ1n) is 7.85. The predicted octanol–water partition coefficient (Wildman–Crippen LogP) is 3.86. The summed E-state index contributed by atoms with van der Waals surface area (Å²) in [7, 11) is 0. The highest BCUT2D eigenvalue weighted by Crippen LogP contribution is 2.35. The topological polar surface area (TPSA) is 57.6 Å². The van der Waals surface area contributed by atoms with Crippen LogP contribution in [0.1, 0.15) is 11.1 Å². The molecule has 3 rings (SSSR count). The Morgan fingerprint density at radius 3 is 2.41 bits per heavy atom. The van der Waals surface area contributed by atoms with Gasteiger partial charge in [-0.15, -0.1) is 0 Å². The summed E-state index contributed by atoms with van der Waals surface area (Å²) in [4.78, 5) is 25.6. The van der Waals surface area contributed by atoms with E-state index in [-0.39, 0.29) is 21.2 Å². The maximum absolute atomic E-state index is 13.4. The lowest BCUT2D eigenvalue weighted by molar-refractivity contribution is -0.145. The van der Waals surface area contributed by atoms with Gasteiger partial charge in [-0.05, 0) is 29.3 Å². The number of carbonyl (C=O) groups is 2. The second-order valence-electron chi connectivity index (χ2n) is 5.80. The van der Waals surface area contributed by atoms with Crippen LogP contribution in [0.15, 0.2) is 53.4 Å². The summed E-state index contributed by atoms with van der Waals surface area (Å²) in [5.74, 6) is -3.33. The smallest absolute Gasteiger partial charge is 0.327 e. The summed E-state index contributed by atoms with van der Waals surface area (Å²) in [6.07, 6.45) is 1.39. The minimum atomic E-state index is -1.19. The largest absolute Gasteiger partial charge is 0.480 e. The Morgan fingerprint density at radius 1 is 1.19 bits per heavy atom. The molecule has 1 heterocycles. The Balaban J connectivity index is 1.89. The highest BCUT2D eigenvalue weighted by Gasteiger charge is 2.40. The van der Waals surface area contributed by atoms with Crippen molar-refractivity contribution in [1.82, 2.24) is 4.90 Å². The number of carboxylic acid groups (broad SMARTS) is 1. The second-order valence-corrected chi connectivity index (χ2v) is 7.47. The average molecular weight is 405 g/mol. The first-order valence-corrected chi connectivity index (χ1v) is 9.07. The standard InChI is InChI=1S/C19H13F2NO3S2/c20-13-6-12(7-14(21)10-13)9-16-17(23)22(19(26)27-16)15(18(24)25)8-11-4-2-1-3-5-11/h1-7,9-10,15H,8H2,(H,24,25)/b16-9-/t15-/m0/s1. The van der Waals surface area contributed by atoms with E-state index in [4.69, 9.17) is 12.2 Å². The van der Waals surface area contributed by atoms with E-state index in [0.717, 1.165) is 40.4 Å². The summed E-state index contributed by atoms with van der Waals surface area (Å²) in [5, 5.41) is 9.60. The van der Waals surface area contributed by atoms with Crippen LogP contribution < -0.4 is 0 Å². The Bertz CT molecular complexity index is 927. The van der Waals surface area contributed by atoms with Crippen LogP contribution in [0.5, 0.6) is 0 Å². The first kappa shape index (κ1) is 19.2. The molecule has 1 saturated heterocycles. The number of thioether (sulfide) groups is 1. The van der Waals surface area contributed by atoms with Gasteiger partial charge >= 0.3 is 5.97 Å². The maximum Gasteiger partial charge on any atom is 0.327 e. The molecule has 0 saturated carbocycles. The number of hydrogen-bond donors (Lipinski definition) is 1. The highest BCUT2D eigenvalue weighted by molar-refractivity contribution is 8.26. The zero-order valence-electron chi connectivity index (χ0n) is 13.8. The van der Waals surface area contributed by atoms with Crippen LogP contribution in [0.4, 0.5) is 8.78 Å². The van der Waals surface area contributed by atoms with E-state index >= 15 is 0 Å². The fourth-order valence-electron chi connectivity index (χ4n) is 2.68. The van der Waals surface area contributed by atoms with E-state index in [2.05, 4.69) is 0 Å². The summed E-state index contributed by atoms with van der Waals surface area (Å²) in [6, 6.07) is 10.6. The summed E-state index contributed by atoms with van der Waals surface area (Å²) < 4.78 is 26.8. The molecule has 0 radical (unpaired) electrons. The fraction of sp³-hybridized carbons (Fsp3) is 0.105. The van der Waals surface area contributed by atoms with Crippen LogP contribution in [0.25, 0.3) is 6.08 Å². The van der Waals surface area contributed by atoms with E-state index in [0.29, 0.717) is 0 Å². The first-order chi connectivity index (χ1) is 12.8. The molecule has 2 aromatic rings. The number of benzene rings is 2. The van der Waals surface area contributed by atoms with Crippen molar-refractivity contribution in [2.24, 2.45) is 0 Å². The van der Waals surface area contributed by atoms with E-state index < -0.39 is 29.6 Å². The van der Waals surface area contributed by atoms with Crippen molar-refractivity contribution in [2.75, 3.05) is 0 Å². The van der Waals surface area contributed by atoms with Crippen LogP contribution >= 0.6 is 24.0 Å². The molecule has 1 aliphatic heterocycles. The Morgan fingerprint density at radius 2 is 1.81 bits per heavy atom.